The number of carbonyl (C=O) groups is 1. The maximum atomic E-state index is 13.7. The standard InChI is InChI=1S/C29H35N3O2/c33-27-21-32-26-13-7-6-12-25(26)28(22-8-2-1-3-9-22)29(32)24-11-5-4-10-23(24)20-31(27)15-14-30-16-18-34-19-17-30/h4-7,10-13,22H,1-3,8-9,14-21H2. The lowest BCUT2D eigenvalue weighted by Crippen LogP contribution is -2.44. The number of aromatic nitrogens is 1. The van der Waals surface area contributed by atoms with Gasteiger partial charge in [-0.25, -0.2) is 0 Å². The third-order valence-corrected chi connectivity index (χ3v) is 8.09. The third kappa shape index (κ3) is 4.05. The predicted octanol–water partition coefficient (Wildman–Crippen LogP) is 5.03. The minimum Gasteiger partial charge on any atom is -0.379 e. The van der Waals surface area contributed by atoms with Gasteiger partial charge in [-0.3, -0.25) is 9.69 Å². The highest BCUT2D eigenvalue weighted by atomic mass is 16.5. The van der Waals surface area contributed by atoms with Crippen molar-refractivity contribution in [1.29, 1.82) is 0 Å². The summed E-state index contributed by atoms with van der Waals surface area (Å²) in [4.78, 5) is 18.2. The Hall–Kier alpha value is -2.63. The van der Waals surface area contributed by atoms with Gasteiger partial charge in [-0.15, -0.1) is 0 Å². The van der Waals surface area contributed by atoms with Crippen molar-refractivity contribution < 1.29 is 9.53 Å². The van der Waals surface area contributed by atoms with Crippen molar-refractivity contribution in [3.8, 4) is 11.3 Å². The van der Waals surface area contributed by atoms with Crippen molar-refractivity contribution in [2.75, 3.05) is 39.4 Å². The zero-order valence-corrected chi connectivity index (χ0v) is 20.0. The Morgan fingerprint density at radius 2 is 1.62 bits per heavy atom. The van der Waals surface area contributed by atoms with Crippen LogP contribution in [0.5, 0.6) is 0 Å². The first-order valence-corrected chi connectivity index (χ1v) is 13.1. The van der Waals surface area contributed by atoms with Crippen LogP contribution in [-0.4, -0.2) is 59.7 Å². The van der Waals surface area contributed by atoms with E-state index in [0.717, 1.165) is 39.4 Å². The minimum absolute atomic E-state index is 0.222. The van der Waals surface area contributed by atoms with Crippen LogP contribution in [-0.2, 0) is 22.6 Å². The van der Waals surface area contributed by atoms with E-state index >= 15 is 0 Å². The average Bonchev–Trinajstić information content (AvgIpc) is 3.20. The molecule has 34 heavy (non-hydrogen) atoms. The molecule has 1 aromatic heterocycles. The SMILES string of the molecule is O=C1Cn2c(c(C3CCCCC3)c3ccccc32)-c2ccccc2CN1CCN1CCOCC1. The molecule has 3 aliphatic rings. The summed E-state index contributed by atoms with van der Waals surface area (Å²) in [6.07, 6.45) is 6.46. The number of hydrogen-bond acceptors (Lipinski definition) is 3. The molecule has 3 heterocycles. The summed E-state index contributed by atoms with van der Waals surface area (Å²) in [6.45, 7) is 6.26. The van der Waals surface area contributed by atoms with Crippen molar-refractivity contribution in [3.63, 3.8) is 0 Å². The van der Waals surface area contributed by atoms with Gasteiger partial charge in [-0.1, -0.05) is 61.7 Å². The smallest absolute Gasteiger partial charge is 0.242 e. The van der Waals surface area contributed by atoms with Crippen molar-refractivity contribution in [2.24, 2.45) is 0 Å². The quantitative estimate of drug-likeness (QED) is 0.551. The summed E-state index contributed by atoms with van der Waals surface area (Å²) >= 11 is 0. The molecule has 2 aliphatic heterocycles. The number of para-hydroxylation sites is 1. The minimum atomic E-state index is 0.222. The van der Waals surface area contributed by atoms with Gasteiger partial charge in [0.2, 0.25) is 5.91 Å². The van der Waals surface area contributed by atoms with Crippen LogP contribution in [0.15, 0.2) is 48.5 Å². The van der Waals surface area contributed by atoms with Gasteiger partial charge in [0, 0.05) is 49.2 Å². The van der Waals surface area contributed by atoms with E-state index in [1.54, 1.807) is 0 Å². The Balaban J connectivity index is 1.43. The first-order valence-electron chi connectivity index (χ1n) is 13.1. The molecule has 0 N–H and O–H groups in total. The van der Waals surface area contributed by atoms with Gasteiger partial charge >= 0.3 is 0 Å². The number of nitrogens with zero attached hydrogens (tertiary/aromatic N) is 3. The van der Waals surface area contributed by atoms with Gasteiger partial charge in [0.25, 0.3) is 0 Å². The van der Waals surface area contributed by atoms with Crippen molar-refractivity contribution in [1.82, 2.24) is 14.4 Å². The molecular weight excluding hydrogens is 422 g/mol. The largest absolute Gasteiger partial charge is 0.379 e. The molecule has 2 aromatic carbocycles. The van der Waals surface area contributed by atoms with E-state index in [4.69, 9.17) is 4.74 Å². The maximum absolute atomic E-state index is 13.7. The Bertz CT molecular complexity index is 1170. The molecule has 1 aliphatic carbocycles. The fourth-order valence-electron chi connectivity index (χ4n) is 6.30. The molecule has 6 rings (SSSR count). The first kappa shape index (κ1) is 21.9. The van der Waals surface area contributed by atoms with Crippen molar-refractivity contribution >= 4 is 16.8 Å². The molecule has 0 spiro atoms. The molecule has 1 saturated heterocycles. The molecule has 3 aromatic rings. The van der Waals surface area contributed by atoms with Crippen molar-refractivity contribution in [2.45, 2.75) is 51.1 Å². The molecule has 5 heteroatoms. The van der Waals surface area contributed by atoms with Crippen LogP contribution in [0.2, 0.25) is 0 Å². The fraction of sp³-hybridized carbons (Fsp3) is 0.483. The first-order chi connectivity index (χ1) is 16.8. The second-order valence-electron chi connectivity index (χ2n) is 10.1. The van der Waals surface area contributed by atoms with Crippen LogP contribution in [0.1, 0.15) is 49.1 Å². The Morgan fingerprint density at radius 3 is 2.47 bits per heavy atom. The van der Waals surface area contributed by atoms with E-state index in [1.807, 2.05) is 0 Å². The predicted molar refractivity (Wildman–Crippen MR) is 136 cm³/mol. The van der Waals surface area contributed by atoms with E-state index in [9.17, 15) is 4.79 Å². The number of carbonyl (C=O) groups excluding carboxylic acids is 1. The van der Waals surface area contributed by atoms with E-state index in [-0.39, 0.29) is 5.91 Å². The molecule has 178 valence electrons. The Kier molecular flexibility index (Phi) is 6.15. The normalized spacial score (nSPS) is 20.1. The highest BCUT2D eigenvalue weighted by molar-refractivity contribution is 5.95. The number of benzene rings is 2. The second kappa shape index (κ2) is 9.55. The van der Waals surface area contributed by atoms with E-state index in [0.29, 0.717) is 19.0 Å². The summed E-state index contributed by atoms with van der Waals surface area (Å²) in [5, 5.41) is 1.34. The average molecular weight is 458 g/mol. The molecule has 2 fully saturated rings. The molecule has 1 saturated carbocycles. The third-order valence-electron chi connectivity index (χ3n) is 8.09. The summed E-state index contributed by atoms with van der Waals surface area (Å²) in [5.41, 5.74) is 6.56. The summed E-state index contributed by atoms with van der Waals surface area (Å²) in [5.74, 6) is 0.801. The lowest BCUT2D eigenvalue weighted by molar-refractivity contribution is -0.132. The second-order valence-corrected chi connectivity index (χ2v) is 10.1. The van der Waals surface area contributed by atoms with Crippen LogP contribution in [0.25, 0.3) is 22.2 Å². The van der Waals surface area contributed by atoms with Gasteiger partial charge in [0.05, 0.1) is 18.9 Å². The topological polar surface area (TPSA) is 37.7 Å². The monoisotopic (exact) mass is 457 g/mol. The fourth-order valence-corrected chi connectivity index (χ4v) is 6.30. The van der Waals surface area contributed by atoms with E-state index in [2.05, 4.69) is 62.9 Å². The highest BCUT2D eigenvalue weighted by Gasteiger charge is 2.30. The highest BCUT2D eigenvalue weighted by Crippen LogP contribution is 2.45. The van der Waals surface area contributed by atoms with E-state index < -0.39 is 0 Å². The van der Waals surface area contributed by atoms with Crippen LogP contribution < -0.4 is 0 Å². The Labute approximate surface area is 202 Å². The zero-order chi connectivity index (χ0) is 22.9. The Morgan fingerprint density at radius 1 is 0.853 bits per heavy atom. The number of morpholine rings is 1. The van der Waals surface area contributed by atoms with E-state index in [1.165, 1.54) is 65.4 Å². The lowest BCUT2D eigenvalue weighted by atomic mass is 9.81. The van der Waals surface area contributed by atoms with Crippen LogP contribution in [0.3, 0.4) is 0 Å². The van der Waals surface area contributed by atoms with Crippen molar-refractivity contribution in [3.05, 3.63) is 59.7 Å². The zero-order valence-electron chi connectivity index (χ0n) is 20.0. The van der Waals surface area contributed by atoms with Gasteiger partial charge in [0.15, 0.2) is 0 Å². The number of ether oxygens (including phenoxy) is 1. The summed E-state index contributed by atoms with van der Waals surface area (Å²) < 4.78 is 7.84. The number of amides is 1. The van der Waals surface area contributed by atoms with Crippen LogP contribution >= 0.6 is 0 Å². The maximum Gasteiger partial charge on any atom is 0.242 e. The molecular formula is C29H35N3O2. The lowest BCUT2D eigenvalue weighted by Gasteiger charge is -2.32. The molecule has 0 bridgehead atoms. The summed E-state index contributed by atoms with van der Waals surface area (Å²) in [6, 6.07) is 17.5. The summed E-state index contributed by atoms with van der Waals surface area (Å²) in [7, 11) is 0. The van der Waals surface area contributed by atoms with Gasteiger partial charge in [-0.2, -0.15) is 0 Å². The number of hydrogen-bond donors (Lipinski definition) is 0. The van der Waals surface area contributed by atoms with Crippen LogP contribution in [0.4, 0.5) is 0 Å². The molecule has 0 atom stereocenters. The van der Waals surface area contributed by atoms with Crippen LogP contribution in [0, 0.1) is 0 Å². The number of fused-ring (bicyclic) bond motifs is 5. The van der Waals surface area contributed by atoms with Gasteiger partial charge < -0.3 is 14.2 Å². The molecule has 1 amide bonds. The molecule has 5 nitrogen and oxygen atoms in total. The number of rotatable bonds is 4. The van der Waals surface area contributed by atoms with Gasteiger partial charge in [0.1, 0.15) is 6.54 Å². The van der Waals surface area contributed by atoms with Gasteiger partial charge in [-0.05, 0) is 36.0 Å². The molecule has 0 radical (unpaired) electrons. The molecule has 0 unspecified atom stereocenters.